The molecule has 8 nitrogen and oxygen atoms in total. The number of rotatable bonds is 7. The van der Waals surface area contributed by atoms with Crippen molar-refractivity contribution in [3.63, 3.8) is 0 Å². The van der Waals surface area contributed by atoms with Crippen molar-refractivity contribution in [1.29, 1.82) is 5.26 Å². The molecule has 1 aliphatic rings. The second-order valence-corrected chi connectivity index (χ2v) is 10.8. The highest BCUT2D eigenvalue weighted by Crippen LogP contribution is 2.28. The molecule has 2 N–H and O–H groups in total. The monoisotopic (exact) mass is 528 g/mol. The summed E-state index contributed by atoms with van der Waals surface area (Å²) in [6.07, 6.45) is 7.87. The van der Waals surface area contributed by atoms with Gasteiger partial charge in [0.2, 0.25) is 10.0 Å². The molecule has 1 unspecified atom stereocenters. The number of allylic oxidation sites excluding steroid dienone is 2. The number of halogens is 1. The van der Waals surface area contributed by atoms with Crippen LogP contribution in [-0.2, 0) is 10.0 Å². The Morgan fingerprint density at radius 2 is 2.03 bits per heavy atom. The Labute approximate surface area is 220 Å². The Balaban J connectivity index is 1.34. The van der Waals surface area contributed by atoms with Gasteiger partial charge >= 0.3 is 0 Å². The van der Waals surface area contributed by atoms with Crippen LogP contribution >= 0.6 is 11.6 Å². The first-order valence-electron chi connectivity index (χ1n) is 11.6. The fourth-order valence-corrected chi connectivity index (χ4v) is 5.63. The van der Waals surface area contributed by atoms with Crippen LogP contribution in [0.2, 0.25) is 5.02 Å². The Morgan fingerprint density at radius 3 is 2.84 bits per heavy atom. The van der Waals surface area contributed by atoms with Crippen LogP contribution in [0.4, 0.5) is 5.82 Å². The topological polar surface area (TPSA) is 112 Å². The molecule has 0 bridgehead atoms. The maximum absolute atomic E-state index is 12.9. The normalized spacial score (nSPS) is 15.4. The largest absolute Gasteiger partial charge is 0.366 e. The molecule has 2 aromatic carbocycles. The number of hydrogen-bond acceptors (Lipinski definition) is 6. The fourth-order valence-electron chi connectivity index (χ4n) is 4.17. The van der Waals surface area contributed by atoms with Crippen molar-refractivity contribution in [3.05, 3.63) is 95.2 Å². The van der Waals surface area contributed by atoms with Crippen LogP contribution in [0.1, 0.15) is 12.0 Å². The van der Waals surface area contributed by atoms with Crippen molar-refractivity contribution in [2.75, 3.05) is 11.9 Å². The first-order valence-corrected chi connectivity index (χ1v) is 13.4. The van der Waals surface area contributed by atoms with Crippen LogP contribution in [0.3, 0.4) is 0 Å². The summed E-state index contributed by atoms with van der Waals surface area (Å²) in [5.41, 5.74) is 4.51. The van der Waals surface area contributed by atoms with Gasteiger partial charge in [-0.05, 0) is 41.7 Å². The van der Waals surface area contributed by atoms with E-state index in [1.54, 1.807) is 22.8 Å². The van der Waals surface area contributed by atoms with Gasteiger partial charge in [0, 0.05) is 35.4 Å². The summed E-state index contributed by atoms with van der Waals surface area (Å²) >= 11 is 6.43. The van der Waals surface area contributed by atoms with Gasteiger partial charge in [0.05, 0.1) is 22.2 Å². The molecule has 0 fully saturated rings. The van der Waals surface area contributed by atoms with Gasteiger partial charge in [-0.1, -0.05) is 54.1 Å². The van der Waals surface area contributed by atoms with Gasteiger partial charge in [-0.2, -0.15) is 14.9 Å². The summed E-state index contributed by atoms with van der Waals surface area (Å²) in [4.78, 5) is 4.83. The van der Waals surface area contributed by atoms with E-state index in [0.29, 0.717) is 23.6 Å². The molecule has 4 aromatic rings. The number of nitrogens with zero attached hydrogens (tertiary/aromatic N) is 4. The van der Waals surface area contributed by atoms with Crippen LogP contribution < -0.4 is 15.5 Å². The Hall–Kier alpha value is -3.91. The molecular weight excluding hydrogens is 507 g/mol. The third kappa shape index (κ3) is 5.29. The minimum Gasteiger partial charge on any atom is -0.366 e. The lowest BCUT2D eigenvalue weighted by Gasteiger charge is -2.21. The molecule has 2 aromatic heterocycles. The number of nitrogens with one attached hydrogen (secondary N) is 2. The Bertz CT molecular complexity index is 1710. The van der Waals surface area contributed by atoms with E-state index in [1.165, 1.54) is 12.1 Å². The summed E-state index contributed by atoms with van der Waals surface area (Å²) < 4.78 is 30.2. The van der Waals surface area contributed by atoms with Crippen LogP contribution in [0.15, 0.2) is 89.5 Å². The van der Waals surface area contributed by atoms with Crippen LogP contribution in [0, 0.1) is 11.3 Å². The molecule has 0 saturated carbocycles. The zero-order chi connectivity index (χ0) is 26.0. The number of nitriles is 1. The maximum Gasteiger partial charge on any atom is 0.241 e. The minimum absolute atomic E-state index is 0.0644. The van der Waals surface area contributed by atoms with E-state index in [1.807, 2.05) is 62.5 Å². The van der Waals surface area contributed by atoms with Crippen LogP contribution in [-0.4, -0.2) is 43.4 Å². The highest BCUT2D eigenvalue weighted by Gasteiger charge is 2.21. The summed E-state index contributed by atoms with van der Waals surface area (Å²) in [7, 11) is -1.83. The molecular formula is C26H22BClN6O2S. The zero-order valence-corrected chi connectivity index (χ0v) is 21.5. The molecule has 184 valence electrons. The molecule has 0 amide bonds. The third-order valence-electron chi connectivity index (χ3n) is 6.03. The van der Waals surface area contributed by atoms with E-state index in [4.69, 9.17) is 21.8 Å². The average molecular weight is 529 g/mol. The Kier molecular flexibility index (Phi) is 6.85. The molecule has 37 heavy (non-hydrogen) atoms. The lowest BCUT2D eigenvalue weighted by Crippen LogP contribution is -2.35. The molecule has 11 heteroatoms. The predicted molar refractivity (Wildman–Crippen MR) is 147 cm³/mol. The maximum atomic E-state index is 12.9. The van der Waals surface area contributed by atoms with Crippen LogP contribution in [0.25, 0.3) is 16.9 Å². The molecule has 0 spiro atoms. The molecule has 0 saturated heterocycles. The first-order chi connectivity index (χ1) is 17.8. The van der Waals surface area contributed by atoms with Gasteiger partial charge in [-0.3, -0.25) is 0 Å². The van der Waals surface area contributed by atoms with Gasteiger partial charge in [-0.25, -0.2) is 18.1 Å². The van der Waals surface area contributed by atoms with Crippen LogP contribution in [0.5, 0.6) is 0 Å². The van der Waals surface area contributed by atoms with E-state index < -0.39 is 16.1 Å². The number of hydrogen-bond donors (Lipinski definition) is 2. The van der Waals surface area contributed by atoms with E-state index >= 15 is 0 Å². The van der Waals surface area contributed by atoms with Crippen molar-refractivity contribution >= 4 is 46.4 Å². The summed E-state index contributed by atoms with van der Waals surface area (Å²) in [5.74, 6) is 0.744. The smallest absolute Gasteiger partial charge is 0.241 e. The third-order valence-corrected chi connectivity index (χ3v) is 7.85. The molecule has 1 atom stereocenters. The SMILES string of the molecule is Bc1cnn2c(NCC3=CC=CC(NS(=O)(=O)c4cccc(C#N)c4)C3)cc(-c3ccccc3Cl)nc12. The number of aromatic nitrogens is 3. The first kappa shape index (κ1) is 24.8. The van der Waals surface area contributed by atoms with Crippen molar-refractivity contribution in [3.8, 4) is 17.3 Å². The molecule has 2 heterocycles. The number of benzene rings is 2. The lowest BCUT2D eigenvalue weighted by molar-refractivity contribution is 0.568. The molecule has 1 aliphatic carbocycles. The van der Waals surface area contributed by atoms with E-state index in [2.05, 4.69) is 15.1 Å². The van der Waals surface area contributed by atoms with Crippen molar-refractivity contribution in [2.45, 2.75) is 17.4 Å². The standard InChI is InChI=1S/C26H22BClN6O2S/c27-22-16-31-34-25(13-24(32-26(22)34)21-9-1-2-10-23(21)28)30-15-18-6-3-7-19(11-18)33-37(35,36)20-8-4-5-17(12-20)14-29/h1-10,12-13,16,19,30,33H,11,15,27H2. The van der Waals surface area contributed by atoms with Gasteiger partial charge in [0.1, 0.15) is 13.7 Å². The second-order valence-electron chi connectivity index (χ2n) is 8.70. The van der Waals surface area contributed by atoms with E-state index in [9.17, 15) is 8.42 Å². The van der Waals surface area contributed by atoms with Crippen molar-refractivity contribution in [1.82, 2.24) is 19.3 Å². The average Bonchev–Trinajstić information content (AvgIpc) is 3.28. The molecule has 0 aliphatic heterocycles. The predicted octanol–water partition coefficient (Wildman–Crippen LogP) is 2.83. The van der Waals surface area contributed by atoms with Crippen molar-refractivity contribution in [2.24, 2.45) is 0 Å². The molecule has 5 rings (SSSR count). The number of fused-ring (bicyclic) bond motifs is 1. The van der Waals surface area contributed by atoms with E-state index in [0.717, 1.165) is 33.8 Å². The van der Waals surface area contributed by atoms with E-state index in [-0.39, 0.29) is 4.90 Å². The second kappa shape index (κ2) is 10.2. The summed E-state index contributed by atoms with van der Waals surface area (Å²) in [6, 6.07) is 17.0. The summed E-state index contributed by atoms with van der Waals surface area (Å²) in [5, 5.41) is 17.6. The Morgan fingerprint density at radius 1 is 1.19 bits per heavy atom. The molecule has 0 radical (unpaired) electrons. The van der Waals surface area contributed by atoms with Gasteiger partial charge in [-0.15, -0.1) is 0 Å². The van der Waals surface area contributed by atoms with Crippen molar-refractivity contribution < 1.29 is 8.42 Å². The summed E-state index contributed by atoms with van der Waals surface area (Å²) in [6.45, 7) is 0.479. The van der Waals surface area contributed by atoms with Gasteiger partial charge in [0.25, 0.3) is 0 Å². The number of anilines is 1. The highest BCUT2D eigenvalue weighted by atomic mass is 35.5. The van der Waals surface area contributed by atoms with Gasteiger partial charge < -0.3 is 5.32 Å². The highest BCUT2D eigenvalue weighted by molar-refractivity contribution is 7.89. The lowest BCUT2D eigenvalue weighted by atomic mass is 10.0. The number of sulfonamides is 1. The van der Waals surface area contributed by atoms with Gasteiger partial charge in [0.15, 0.2) is 5.65 Å². The quantitative estimate of drug-likeness (QED) is 0.357. The zero-order valence-electron chi connectivity index (χ0n) is 19.9. The fraction of sp³-hybridized carbons (Fsp3) is 0.115. The minimum atomic E-state index is -3.78.